The number of guanidine groups is 1. The number of nitrogens with zero attached hydrogens (tertiary/aromatic N) is 5. The van der Waals surface area contributed by atoms with Gasteiger partial charge in [-0.25, -0.2) is 4.99 Å². The molecule has 29 heavy (non-hydrogen) atoms. The molecule has 0 fully saturated rings. The lowest BCUT2D eigenvalue weighted by Gasteiger charge is -2.11. The zero-order valence-electron chi connectivity index (χ0n) is 16.5. The molecule has 2 N–H and O–H groups in total. The SMILES string of the molecule is CCNC(=NCc1nnc2ccccn12)NCCCn1ccc2ccccc21.I. The maximum Gasteiger partial charge on any atom is 0.191 e. The second kappa shape index (κ2) is 10.2. The third-order valence-corrected chi connectivity index (χ3v) is 4.66. The standard InChI is InChI=1S/C21H25N7.HI/c1-2-22-21(24-16-20-26-25-19-10-5-6-14-28(19)20)23-12-7-13-27-15-11-17-8-3-4-9-18(17)27;/h3-6,8-11,14-15H,2,7,12-13,16H2,1H3,(H2,22,23,24);1H. The minimum atomic E-state index is 0. The van der Waals surface area contributed by atoms with E-state index in [0.29, 0.717) is 6.54 Å². The summed E-state index contributed by atoms with van der Waals surface area (Å²) in [7, 11) is 0. The van der Waals surface area contributed by atoms with Crippen LogP contribution in [-0.2, 0) is 13.1 Å². The normalized spacial score (nSPS) is 11.6. The molecule has 0 saturated heterocycles. The van der Waals surface area contributed by atoms with Crippen LogP contribution in [0.1, 0.15) is 19.2 Å². The van der Waals surface area contributed by atoms with Crippen LogP contribution in [0, 0.1) is 0 Å². The van der Waals surface area contributed by atoms with Crippen LogP contribution in [-0.4, -0.2) is 38.2 Å². The van der Waals surface area contributed by atoms with Gasteiger partial charge in [0.15, 0.2) is 17.4 Å². The monoisotopic (exact) mass is 503 g/mol. The fraction of sp³-hybridized carbons (Fsp3) is 0.286. The number of fused-ring (bicyclic) bond motifs is 2. The molecule has 0 aliphatic rings. The van der Waals surface area contributed by atoms with Crippen LogP contribution in [0.5, 0.6) is 0 Å². The first kappa shape index (κ1) is 21.1. The Morgan fingerprint density at radius 1 is 1.00 bits per heavy atom. The summed E-state index contributed by atoms with van der Waals surface area (Å²) >= 11 is 0. The largest absolute Gasteiger partial charge is 0.357 e. The van der Waals surface area contributed by atoms with Crippen LogP contribution in [0.2, 0.25) is 0 Å². The van der Waals surface area contributed by atoms with Crippen molar-refractivity contribution in [2.75, 3.05) is 13.1 Å². The second-order valence-electron chi connectivity index (χ2n) is 6.59. The van der Waals surface area contributed by atoms with E-state index >= 15 is 0 Å². The predicted octanol–water partition coefficient (Wildman–Crippen LogP) is 3.45. The average Bonchev–Trinajstić information content (AvgIpc) is 3.33. The highest BCUT2D eigenvalue weighted by molar-refractivity contribution is 14.0. The summed E-state index contributed by atoms with van der Waals surface area (Å²) in [6.45, 7) is 5.17. The van der Waals surface area contributed by atoms with Gasteiger partial charge in [-0.2, -0.15) is 0 Å². The van der Waals surface area contributed by atoms with Crippen molar-refractivity contribution in [3.63, 3.8) is 0 Å². The highest BCUT2D eigenvalue weighted by Crippen LogP contribution is 2.15. The Morgan fingerprint density at radius 3 is 2.76 bits per heavy atom. The molecule has 4 aromatic rings. The van der Waals surface area contributed by atoms with Crippen molar-refractivity contribution in [1.82, 2.24) is 29.8 Å². The maximum absolute atomic E-state index is 4.65. The number of para-hydroxylation sites is 1. The van der Waals surface area contributed by atoms with Gasteiger partial charge in [0.2, 0.25) is 0 Å². The maximum atomic E-state index is 4.65. The van der Waals surface area contributed by atoms with Crippen LogP contribution in [0.15, 0.2) is 65.9 Å². The molecule has 0 aliphatic carbocycles. The molecule has 152 valence electrons. The number of benzene rings is 1. The summed E-state index contributed by atoms with van der Waals surface area (Å²) in [4.78, 5) is 4.65. The number of halogens is 1. The van der Waals surface area contributed by atoms with E-state index in [2.05, 4.69) is 73.8 Å². The Hall–Kier alpha value is -2.62. The molecule has 3 aromatic heterocycles. The van der Waals surface area contributed by atoms with E-state index in [1.807, 2.05) is 28.8 Å². The average molecular weight is 503 g/mol. The predicted molar refractivity (Wildman–Crippen MR) is 128 cm³/mol. The van der Waals surface area contributed by atoms with Crippen LogP contribution in [0.3, 0.4) is 0 Å². The number of pyridine rings is 1. The first-order chi connectivity index (χ1) is 13.8. The van der Waals surface area contributed by atoms with Crippen LogP contribution < -0.4 is 10.6 Å². The van der Waals surface area contributed by atoms with Crippen molar-refractivity contribution < 1.29 is 0 Å². The first-order valence-corrected chi connectivity index (χ1v) is 9.70. The Balaban J connectivity index is 0.00000240. The van der Waals surface area contributed by atoms with Gasteiger partial charge >= 0.3 is 0 Å². The van der Waals surface area contributed by atoms with E-state index < -0.39 is 0 Å². The lowest BCUT2D eigenvalue weighted by Crippen LogP contribution is -2.38. The van der Waals surface area contributed by atoms with Crippen molar-refractivity contribution in [2.24, 2.45) is 4.99 Å². The summed E-state index contributed by atoms with van der Waals surface area (Å²) in [5.41, 5.74) is 2.12. The van der Waals surface area contributed by atoms with Gasteiger partial charge in [0, 0.05) is 37.5 Å². The van der Waals surface area contributed by atoms with Gasteiger partial charge in [-0.3, -0.25) is 4.40 Å². The fourth-order valence-corrected chi connectivity index (χ4v) is 3.28. The van der Waals surface area contributed by atoms with Crippen LogP contribution in [0.4, 0.5) is 0 Å². The van der Waals surface area contributed by atoms with Gasteiger partial charge < -0.3 is 15.2 Å². The number of nitrogens with one attached hydrogen (secondary N) is 2. The smallest absolute Gasteiger partial charge is 0.191 e. The summed E-state index contributed by atoms with van der Waals surface area (Å²) < 4.78 is 4.26. The quantitative estimate of drug-likeness (QED) is 0.176. The lowest BCUT2D eigenvalue weighted by molar-refractivity contribution is 0.640. The molecule has 0 spiro atoms. The van der Waals surface area contributed by atoms with E-state index in [-0.39, 0.29) is 24.0 Å². The minimum Gasteiger partial charge on any atom is -0.357 e. The molecular formula is C21H26IN7. The number of hydrogen-bond acceptors (Lipinski definition) is 3. The van der Waals surface area contributed by atoms with Crippen molar-refractivity contribution >= 4 is 46.5 Å². The van der Waals surface area contributed by atoms with E-state index in [1.165, 1.54) is 10.9 Å². The molecule has 0 bridgehead atoms. The molecule has 8 heteroatoms. The molecule has 0 unspecified atom stereocenters. The third kappa shape index (κ3) is 5.06. The summed E-state index contributed by atoms with van der Waals surface area (Å²) in [6.07, 6.45) is 5.12. The summed E-state index contributed by atoms with van der Waals surface area (Å²) in [5, 5.41) is 16.4. The highest BCUT2D eigenvalue weighted by atomic mass is 127. The van der Waals surface area contributed by atoms with Gasteiger partial charge in [0.1, 0.15) is 6.54 Å². The molecule has 7 nitrogen and oxygen atoms in total. The molecule has 3 heterocycles. The van der Waals surface area contributed by atoms with E-state index in [1.54, 1.807) is 0 Å². The Morgan fingerprint density at radius 2 is 1.86 bits per heavy atom. The Bertz CT molecular complexity index is 1080. The number of hydrogen-bond donors (Lipinski definition) is 2. The van der Waals surface area contributed by atoms with E-state index in [4.69, 9.17) is 0 Å². The molecule has 4 rings (SSSR count). The lowest BCUT2D eigenvalue weighted by atomic mass is 10.2. The third-order valence-electron chi connectivity index (χ3n) is 4.66. The molecule has 1 aromatic carbocycles. The van der Waals surface area contributed by atoms with E-state index in [0.717, 1.165) is 43.5 Å². The molecule has 0 atom stereocenters. The van der Waals surface area contributed by atoms with Crippen molar-refractivity contribution in [3.05, 3.63) is 66.7 Å². The first-order valence-electron chi connectivity index (χ1n) is 9.70. The zero-order valence-corrected chi connectivity index (χ0v) is 18.8. The number of rotatable bonds is 7. The molecule has 0 amide bonds. The number of aliphatic imine (C=N–C) groups is 1. The van der Waals surface area contributed by atoms with Crippen LogP contribution >= 0.6 is 24.0 Å². The molecule has 0 radical (unpaired) electrons. The van der Waals surface area contributed by atoms with Gasteiger partial charge in [-0.05, 0) is 43.0 Å². The van der Waals surface area contributed by atoms with Gasteiger partial charge in [-0.15, -0.1) is 34.2 Å². The van der Waals surface area contributed by atoms with E-state index in [9.17, 15) is 0 Å². The topological polar surface area (TPSA) is 71.5 Å². The fourth-order valence-electron chi connectivity index (χ4n) is 3.28. The Labute approximate surface area is 187 Å². The molecule has 0 aliphatic heterocycles. The van der Waals surface area contributed by atoms with Gasteiger partial charge in [0.05, 0.1) is 0 Å². The summed E-state index contributed by atoms with van der Waals surface area (Å²) in [6, 6.07) is 16.5. The minimum absolute atomic E-state index is 0. The van der Waals surface area contributed by atoms with Gasteiger partial charge in [-0.1, -0.05) is 24.3 Å². The molecular weight excluding hydrogens is 477 g/mol. The van der Waals surface area contributed by atoms with Crippen molar-refractivity contribution in [1.29, 1.82) is 0 Å². The second-order valence-corrected chi connectivity index (χ2v) is 6.59. The highest BCUT2D eigenvalue weighted by Gasteiger charge is 2.05. The number of aromatic nitrogens is 4. The summed E-state index contributed by atoms with van der Waals surface area (Å²) in [5.74, 6) is 1.62. The zero-order chi connectivity index (χ0) is 19.2. The van der Waals surface area contributed by atoms with Crippen molar-refractivity contribution in [3.8, 4) is 0 Å². The number of aryl methyl sites for hydroxylation is 1. The van der Waals surface area contributed by atoms with Gasteiger partial charge in [0.25, 0.3) is 0 Å². The molecule has 0 saturated carbocycles. The van der Waals surface area contributed by atoms with Crippen LogP contribution in [0.25, 0.3) is 16.6 Å². The van der Waals surface area contributed by atoms with Crippen molar-refractivity contribution in [2.45, 2.75) is 26.4 Å². The Kier molecular flexibility index (Phi) is 7.45.